The largest absolute Gasteiger partial charge is 0.311 e. The Morgan fingerprint density at radius 3 is 1.48 bits per heavy atom. The molecule has 0 aliphatic rings. The third-order valence-electron chi connectivity index (χ3n) is 4.27. The summed E-state index contributed by atoms with van der Waals surface area (Å²) in [5, 5.41) is 3.56. The minimum absolute atomic E-state index is 0.922. The number of hydrogen-bond acceptors (Lipinski definition) is 2. The SMILES string of the molecule is c1ccc(CNCCN(Cc2ccccc2)Cc2ccccc2)cc1. The Morgan fingerprint density at radius 1 is 0.560 bits per heavy atom. The minimum atomic E-state index is 0.922. The second kappa shape index (κ2) is 9.77. The van der Waals surface area contributed by atoms with Crippen molar-refractivity contribution in [3.63, 3.8) is 0 Å². The molecular weight excluding hydrogens is 304 g/mol. The Morgan fingerprint density at radius 2 is 1.00 bits per heavy atom. The van der Waals surface area contributed by atoms with Crippen LogP contribution in [0.5, 0.6) is 0 Å². The van der Waals surface area contributed by atoms with Gasteiger partial charge in [0.2, 0.25) is 0 Å². The molecule has 0 radical (unpaired) electrons. The van der Waals surface area contributed by atoms with Crippen LogP contribution in [-0.2, 0) is 19.6 Å². The lowest BCUT2D eigenvalue weighted by atomic mass is 10.1. The van der Waals surface area contributed by atoms with Crippen LogP contribution in [0.1, 0.15) is 16.7 Å². The van der Waals surface area contributed by atoms with Gasteiger partial charge in [0.1, 0.15) is 0 Å². The van der Waals surface area contributed by atoms with E-state index in [1.807, 2.05) is 0 Å². The molecule has 3 aromatic carbocycles. The normalized spacial score (nSPS) is 10.9. The van der Waals surface area contributed by atoms with Gasteiger partial charge in [0.05, 0.1) is 0 Å². The van der Waals surface area contributed by atoms with Gasteiger partial charge >= 0.3 is 0 Å². The fraction of sp³-hybridized carbons (Fsp3) is 0.217. The molecule has 1 N–H and O–H groups in total. The van der Waals surface area contributed by atoms with Crippen molar-refractivity contribution >= 4 is 0 Å². The van der Waals surface area contributed by atoms with Gasteiger partial charge in [-0.2, -0.15) is 0 Å². The van der Waals surface area contributed by atoms with Crippen molar-refractivity contribution < 1.29 is 0 Å². The Kier molecular flexibility index (Phi) is 6.80. The smallest absolute Gasteiger partial charge is 0.0237 e. The molecule has 0 bridgehead atoms. The minimum Gasteiger partial charge on any atom is -0.311 e. The third kappa shape index (κ3) is 6.18. The van der Waals surface area contributed by atoms with E-state index in [9.17, 15) is 0 Å². The highest BCUT2D eigenvalue weighted by atomic mass is 15.1. The van der Waals surface area contributed by atoms with Crippen LogP contribution in [0.3, 0.4) is 0 Å². The Balaban J connectivity index is 1.54. The molecule has 3 rings (SSSR count). The Hall–Kier alpha value is -2.42. The van der Waals surface area contributed by atoms with E-state index in [4.69, 9.17) is 0 Å². The summed E-state index contributed by atoms with van der Waals surface area (Å²) in [7, 11) is 0. The summed E-state index contributed by atoms with van der Waals surface area (Å²) in [4.78, 5) is 2.50. The molecule has 0 heterocycles. The van der Waals surface area contributed by atoms with E-state index < -0.39 is 0 Å². The lowest BCUT2D eigenvalue weighted by Gasteiger charge is -2.23. The van der Waals surface area contributed by atoms with Crippen LogP contribution in [-0.4, -0.2) is 18.0 Å². The lowest BCUT2D eigenvalue weighted by molar-refractivity contribution is 0.256. The first kappa shape index (κ1) is 17.4. The van der Waals surface area contributed by atoms with Crippen molar-refractivity contribution in [1.29, 1.82) is 0 Å². The molecular formula is C23H26N2. The van der Waals surface area contributed by atoms with Crippen molar-refractivity contribution in [2.75, 3.05) is 13.1 Å². The molecule has 2 heteroatoms. The maximum absolute atomic E-state index is 3.56. The topological polar surface area (TPSA) is 15.3 Å². The first-order valence-corrected chi connectivity index (χ1v) is 8.95. The summed E-state index contributed by atoms with van der Waals surface area (Å²) in [6, 6.07) is 32.0. The second-order valence-corrected chi connectivity index (χ2v) is 6.34. The number of rotatable bonds is 9. The van der Waals surface area contributed by atoms with Crippen molar-refractivity contribution in [2.24, 2.45) is 0 Å². The highest BCUT2D eigenvalue weighted by Crippen LogP contribution is 2.09. The van der Waals surface area contributed by atoms with Crippen molar-refractivity contribution in [3.05, 3.63) is 108 Å². The molecule has 0 aromatic heterocycles. The van der Waals surface area contributed by atoms with Crippen LogP contribution in [0.4, 0.5) is 0 Å². The average Bonchev–Trinajstić information content (AvgIpc) is 2.67. The van der Waals surface area contributed by atoms with E-state index in [2.05, 4.69) is 101 Å². The summed E-state index contributed by atoms with van der Waals surface area (Å²) >= 11 is 0. The first-order chi connectivity index (χ1) is 12.4. The summed E-state index contributed by atoms with van der Waals surface area (Å²) in [6.07, 6.45) is 0. The highest BCUT2D eigenvalue weighted by molar-refractivity contribution is 5.17. The predicted molar refractivity (Wildman–Crippen MR) is 105 cm³/mol. The van der Waals surface area contributed by atoms with Gasteiger partial charge in [-0.05, 0) is 16.7 Å². The van der Waals surface area contributed by atoms with E-state index in [1.165, 1.54) is 16.7 Å². The molecule has 0 aliphatic carbocycles. The van der Waals surface area contributed by atoms with Crippen molar-refractivity contribution in [1.82, 2.24) is 10.2 Å². The molecule has 2 nitrogen and oxygen atoms in total. The maximum Gasteiger partial charge on any atom is 0.0237 e. The molecule has 0 fully saturated rings. The molecule has 25 heavy (non-hydrogen) atoms. The second-order valence-electron chi connectivity index (χ2n) is 6.34. The predicted octanol–water partition coefficient (Wildman–Crippen LogP) is 4.48. The third-order valence-corrected chi connectivity index (χ3v) is 4.27. The number of nitrogens with one attached hydrogen (secondary N) is 1. The molecule has 128 valence electrons. The molecule has 0 saturated carbocycles. The first-order valence-electron chi connectivity index (χ1n) is 8.95. The van der Waals surface area contributed by atoms with Gasteiger partial charge in [-0.15, -0.1) is 0 Å². The Labute approximate surface area is 151 Å². The summed E-state index contributed by atoms with van der Waals surface area (Å²) in [5.74, 6) is 0. The monoisotopic (exact) mass is 330 g/mol. The van der Waals surface area contributed by atoms with Gasteiger partial charge in [-0.3, -0.25) is 4.90 Å². The molecule has 0 atom stereocenters. The molecule has 0 saturated heterocycles. The maximum atomic E-state index is 3.56. The van der Waals surface area contributed by atoms with E-state index in [1.54, 1.807) is 0 Å². The lowest BCUT2D eigenvalue weighted by Crippen LogP contribution is -2.31. The van der Waals surface area contributed by atoms with Crippen LogP contribution in [0.2, 0.25) is 0 Å². The van der Waals surface area contributed by atoms with Gasteiger partial charge in [0.25, 0.3) is 0 Å². The van der Waals surface area contributed by atoms with Gasteiger partial charge in [-0.1, -0.05) is 91.0 Å². The fourth-order valence-electron chi connectivity index (χ4n) is 2.96. The van der Waals surface area contributed by atoms with Crippen LogP contribution < -0.4 is 5.32 Å². The average molecular weight is 330 g/mol. The molecule has 0 spiro atoms. The van der Waals surface area contributed by atoms with E-state index >= 15 is 0 Å². The number of nitrogens with zero attached hydrogens (tertiary/aromatic N) is 1. The zero-order valence-electron chi connectivity index (χ0n) is 14.6. The quantitative estimate of drug-likeness (QED) is 0.582. The fourth-order valence-corrected chi connectivity index (χ4v) is 2.96. The summed E-state index contributed by atoms with van der Waals surface area (Å²) < 4.78 is 0. The van der Waals surface area contributed by atoms with E-state index in [-0.39, 0.29) is 0 Å². The summed E-state index contributed by atoms with van der Waals surface area (Å²) in [5.41, 5.74) is 4.06. The summed E-state index contributed by atoms with van der Waals surface area (Å²) in [6.45, 7) is 4.88. The number of benzene rings is 3. The van der Waals surface area contributed by atoms with E-state index in [0.717, 1.165) is 32.7 Å². The van der Waals surface area contributed by atoms with Gasteiger partial charge in [0.15, 0.2) is 0 Å². The molecule has 0 amide bonds. The van der Waals surface area contributed by atoms with Gasteiger partial charge in [0, 0.05) is 32.7 Å². The standard InChI is InChI=1S/C23H26N2/c1-4-10-21(11-5-1)18-24-16-17-25(19-22-12-6-2-7-13-22)20-23-14-8-3-9-15-23/h1-15,24H,16-20H2. The van der Waals surface area contributed by atoms with Crippen LogP contribution in [0.25, 0.3) is 0 Å². The van der Waals surface area contributed by atoms with Crippen LogP contribution >= 0.6 is 0 Å². The van der Waals surface area contributed by atoms with Crippen molar-refractivity contribution in [3.8, 4) is 0 Å². The molecule has 0 aliphatic heterocycles. The number of hydrogen-bond donors (Lipinski definition) is 1. The van der Waals surface area contributed by atoms with Crippen molar-refractivity contribution in [2.45, 2.75) is 19.6 Å². The zero-order valence-corrected chi connectivity index (χ0v) is 14.6. The zero-order chi connectivity index (χ0) is 17.2. The van der Waals surface area contributed by atoms with E-state index in [0.29, 0.717) is 0 Å². The molecule has 0 unspecified atom stereocenters. The van der Waals surface area contributed by atoms with Crippen LogP contribution in [0.15, 0.2) is 91.0 Å². The van der Waals surface area contributed by atoms with Gasteiger partial charge < -0.3 is 5.32 Å². The van der Waals surface area contributed by atoms with Gasteiger partial charge in [-0.25, -0.2) is 0 Å². The van der Waals surface area contributed by atoms with Crippen LogP contribution in [0, 0.1) is 0 Å². The Bertz CT molecular complexity index is 669. The highest BCUT2D eigenvalue weighted by Gasteiger charge is 2.07. The molecule has 3 aromatic rings.